The molecule has 3 heterocycles. The van der Waals surface area contributed by atoms with Gasteiger partial charge in [-0.2, -0.15) is 4.98 Å². The van der Waals surface area contributed by atoms with Gasteiger partial charge in [-0.25, -0.2) is 9.97 Å². The third-order valence-electron chi connectivity index (χ3n) is 3.44. The van der Waals surface area contributed by atoms with Crippen molar-refractivity contribution in [3.05, 3.63) is 47.7 Å². The van der Waals surface area contributed by atoms with Crippen LogP contribution in [-0.4, -0.2) is 20.1 Å². The highest BCUT2D eigenvalue weighted by atomic mass is 32.2. The van der Waals surface area contributed by atoms with Gasteiger partial charge in [-0.3, -0.25) is 0 Å². The van der Waals surface area contributed by atoms with E-state index in [4.69, 9.17) is 10.3 Å². The fourth-order valence-electron chi connectivity index (χ4n) is 2.22. The second kappa shape index (κ2) is 6.21. The van der Waals surface area contributed by atoms with Crippen molar-refractivity contribution in [1.29, 1.82) is 0 Å². The molecule has 8 heteroatoms. The molecular weight excluding hydrogens is 342 g/mol. The summed E-state index contributed by atoms with van der Waals surface area (Å²) < 4.78 is 5.39. The van der Waals surface area contributed by atoms with Crippen LogP contribution < -0.4 is 5.73 Å². The number of hydrogen-bond donors (Lipinski definition) is 1. The number of aromatic nitrogens is 4. The minimum Gasteiger partial charge on any atom is -0.383 e. The molecule has 0 amide bonds. The normalized spacial score (nSPS) is 12.5. The molecule has 0 aliphatic carbocycles. The number of rotatable bonds is 4. The molecule has 0 bridgehead atoms. The summed E-state index contributed by atoms with van der Waals surface area (Å²) in [5.41, 5.74) is 6.91. The van der Waals surface area contributed by atoms with Crippen molar-refractivity contribution in [2.24, 2.45) is 0 Å². The van der Waals surface area contributed by atoms with E-state index in [2.05, 4.69) is 20.1 Å². The van der Waals surface area contributed by atoms with Gasteiger partial charge in [0.1, 0.15) is 10.6 Å². The Morgan fingerprint density at radius 3 is 2.79 bits per heavy atom. The third-order valence-corrected chi connectivity index (χ3v) is 5.19. The summed E-state index contributed by atoms with van der Waals surface area (Å²) in [6.07, 6.45) is 0. The molecule has 2 N–H and O–H groups in total. The predicted molar refractivity (Wildman–Crippen MR) is 95.8 cm³/mol. The average molecular weight is 355 g/mol. The lowest BCUT2D eigenvalue weighted by atomic mass is 10.2. The van der Waals surface area contributed by atoms with Crippen molar-refractivity contribution >= 4 is 39.1 Å². The lowest BCUT2D eigenvalue weighted by Crippen LogP contribution is -1.97. The van der Waals surface area contributed by atoms with E-state index in [1.165, 1.54) is 11.8 Å². The topological polar surface area (TPSA) is 90.7 Å². The molecule has 0 spiro atoms. The minimum absolute atomic E-state index is 0.0771. The molecule has 0 aliphatic heterocycles. The first-order valence-electron chi connectivity index (χ1n) is 7.27. The number of fused-ring (bicyclic) bond motifs is 1. The van der Waals surface area contributed by atoms with Gasteiger partial charge in [-0.15, -0.1) is 11.3 Å². The van der Waals surface area contributed by atoms with Crippen molar-refractivity contribution in [2.45, 2.75) is 17.3 Å². The van der Waals surface area contributed by atoms with Crippen molar-refractivity contribution in [3.63, 3.8) is 0 Å². The zero-order valence-corrected chi connectivity index (χ0v) is 14.3. The van der Waals surface area contributed by atoms with Gasteiger partial charge in [0.2, 0.25) is 11.7 Å². The Morgan fingerprint density at radius 2 is 1.96 bits per heavy atom. The first kappa shape index (κ1) is 15.1. The molecule has 3 aromatic heterocycles. The van der Waals surface area contributed by atoms with Crippen LogP contribution in [0.15, 0.2) is 51.5 Å². The number of nitrogen functional groups attached to an aromatic ring is 1. The Balaban J connectivity index is 1.57. The standard InChI is InChI=1S/C16H13N5OS2/c1-9(14-19-13(21-22-14)10-5-3-2-4-6-10)24-16-18-12(17)11-7-8-23-15(11)20-16/h2-9H,1H3,(H2,17,18,20). The summed E-state index contributed by atoms with van der Waals surface area (Å²) in [4.78, 5) is 14.2. The Labute approximate surface area is 146 Å². The van der Waals surface area contributed by atoms with Crippen molar-refractivity contribution < 1.29 is 4.52 Å². The van der Waals surface area contributed by atoms with Crippen LogP contribution in [0.5, 0.6) is 0 Å². The second-order valence-electron chi connectivity index (χ2n) is 5.11. The van der Waals surface area contributed by atoms with E-state index in [-0.39, 0.29) is 5.25 Å². The highest BCUT2D eigenvalue weighted by molar-refractivity contribution is 7.99. The summed E-state index contributed by atoms with van der Waals surface area (Å²) in [7, 11) is 0. The second-order valence-corrected chi connectivity index (χ2v) is 7.32. The Bertz CT molecular complexity index is 982. The number of nitrogens with zero attached hydrogens (tertiary/aromatic N) is 4. The summed E-state index contributed by atoms with van der Waals surface area (Å²) in [6, 6.07) is 11.7. The summed E-state index contributed by atoms with van der Waals surface area (Å²) in [5, 5.41) is 7.42. The highest BCUT2D eigenvalue weighted by Gasteiger charge is 2.18. The summed E-state index contributed by atoms with van der Waals surface area (Å²) in [6.45, 7) is 1.98. The molecule has 24 heavy (non-hydrogen) atoms. The molecule has 0 fully saturated rings. The third kappa shape index (κ3) is 2.85. The quantitative estimate of drug-likeness (QED) is 0.434. The smallest absolute Gasteiger partial charge is 0.240 e. The lowest BCUT2D eigenvalue weighted by molar-refractivity contribution is 0.380. The fourth-order valence-corrected chi connectivity index (χ4v) is 3.86. The number of benzene rings is 1. The van der Waals surface area contributed by atoms with Crippen molar-refractivity contribution in [1.82, 2.24) is 20.1 Å². The van der Waals surface area contributed by atoms with Gasteiger partial charge < -0.3 is 10.3 Å². The van der Waals surface area contributed by atoms with E-state index in [1.54, 1.807) is 11.3 Å². The highest BCUT2D eigenvalue weighted by Crippen LogP contribution is 2.35. The van der Waals surface area contributed by atoms with E-state index in [0.29, 0.717) is 22.7 Å². The molecule has 0 aliphatic rings. The molecule has 0 saturated carbocycles. The minimum atomic E-state index is -0.0771. The summed E-state index contributed by atoms with van der Waals surface area (Å²) >= 11 is 2.99. The van der Waals surface area contributed by atoms with Gasteiger partial charge in [0.05, 0.1) is 10.6 Å². The Morgan fingerprint density at radius 1 is 1.12 bits per heavy atom. The molecule has 4 aromatic rings. The number of anilines is 1. The number of hydrogen-bond acceptors (Lipinski definition) is 8. The van der Waals surface area contributed by atoms with E-state index in [9.17, 15) is 0 Å². The van der Waals surface area contributed by atoms with Crippen molar-refractivity contribution in [3.8, 4) is 11.4 Å². The molecule has 1 aromatic carbocycles. The molecule has 1 atom stereocenters. The van der Waals surface area contributed by atoms with Gasteiger partial charge in [-0.1, -0.05) is 47.3 Å². The maximum Gasteiger partial charge on any atom is 0.240 e. The Kier molecular flexibility index (Phi) is 3.91. The molecule has 0 radical (unpaired) electrons. The van der Waals surface area contributed by atoms with Gasteiger partial charge in [0.15, 0.2) is 5.16 Å². The maximum atomic E-state index is 5.99. The summed E-state index contributed by atoms with van der Waals surface area (Å²) in [5.74, 6) is 1.60. The van der Waals surface area contributed by atoms with Crippen LogP contribution in [0.4, 0.5) is 5.82 Å². The van der Waals surface area contributed by atoms with Crippen LogP contribution in [0, 0.1) is 0 Å². The molecular formula is C16H13N5OS2. The van der Waals surface area contributed by atoms with Crippen LogP contribution in [0.3, 0.4) is 0 Å². The van der Waals surface area contributed by atoms with Gasteiger partial charge >= 0.3 is 0 Å². The largest absolute Gasteiger partial charge is 0.383 e. The number of nitrogens with two attached hydrogens (primary N) is 1. The maximum absolute atomic E-state index is 5.99. The lowest BCUT2D eigenvalue weighted by Gasteiger charge is -2.05. The van der Waals surface area contributed by atoms with Crippen LogP contribution in [-0.2, 0) is 0 Å². The first-order valence-corrected chi connectivity index (χ1v) is 9.03. The van der Waals surface area contributed by atoms with Crippen LogP contribution >= 0.6 is 23.1 Å². The zero-order valence-electron chi connectivity index (χ0n) is 12.7. The van der Waals surface area contributed by atoms with E-state index < -0.39 is 0 Å². The Hall–Kier alpha value is -2.45. The first-order chi connectivity index (χ1) is 11.7. The predicted octanol–water partition coefficient (Wildman–Crippen LogP) is 4.18. The van der Waals surface area contributed by atoms with Crippen LogP contribution in [0.2, 0.25) is 0 Å². The van der Waals surface area contributed by atoms with Gasteiger partial charge in [-0.05, 0) is 18.4 Å². The average Bonchev–Trinajstić information content (AvgIpc) is 3.25. The van der Waals surface area contributed by atoms with E-state index in [0.717, 1.165) is 15.8 Å². The van der Waals surface area contributed by atoms with Crippen molar-refractivity contribution in [2.75, 3.05) is 5.73 Å². The monoisotopic (exact) mass is 355 g/mol. The van der Waals surface area contributed by atoms with E-state index >= 15 is 0 Å². The fraction of sp³-hybridized carbons (Fsp3) is 0.125. The zero-order chi connectivity index (χ0) is 16.5. The van der Waals surface area contributed by atoms with Crippen LogP contribution in [0.1, 0.15) is 18.1 Å². The number of thiophene rings is 1. The SMILES string of the molecule is CC(Sc1nc(N)c2ccsc2n1)c1nc(-c2ccccc2)no1. The molecule has 0 saturated heterocycles. The van der Waals surface area contributed by atoms with E-state index in [1.807, 2.05) is 48.7 Å². The molecule has 120 valence electrons. The number of thioether (sulfide) groups is 1. The molecule has 6 nitrogen and oxygen atoms in total. The molecule has 1 unspecified atom stereocenters. The molecule has 4 rings (SSSR count). The van der Waals surface area contributed by atoms with Gasteiger partial charge in [0, 0.05) is 5.56 Å². The van der Waals surface area contributed by atoms with Crippen LogP contribution in [0.25, 0.3) is 21.6 Å². The van der Waals surface area contributed by atoms with Gasteiger partial charge in [0.25, 0.3) is 0 Å².